The van der Waals surface area contributed by atoms with Crippen LogP contribution in [-0.2, 0) is 11.3 Å². The molecule has 0 spiro atoms. The van der Waals surface area contributed by atoms with Crippen LogP contribution in [0.4, 0.5) is 16.2 Å². The molecule has 2 amide bonds. The summed E-state index contributed by atoms with van der Waals surface area (Å²) in [4.78, 5) is 26.6. The van der Waals surface area contributed by atoms with E-state index in [0.717, 1.165) is 27.8 Å². The molecule has 0 aliphatic carbocycles. The molecule has 33 heavy (non-hydrogen) atoms. The third-order valence-electron chi connectivity index (χ3n) is 4.86. The van der Waals surface area contributed by atoms with Gasteiger partial charge in [0.05, 0.1) is 22.8 Å². The summed E-state index contributed by atoms with van der Waals surface area (Å²) in [6.07, 6.45) is 1.48. The van der Waals surface area contributed by atoms with Gasteiger partial charge in [0.1, 0.15) is 5.75 Å². The highest BCUT2D eigenvalue weighted by Gasteiger charge is 2.35. The first kappa shape index (κ1) is 23.0. The Morgan fingerprint density at radius 2 is 1.64 bits per heavy atom. The lowest BCUT2D eigenvalue weighted by atomic mass is 10.1. The van der Waals surface area contributed by atoms with E-state index >= 15 is 0 Å². The fourth-order valence-electron chi connectivity index (χ4n) is 3.03. The smallest absolute Gasteiger partial charge is 0.293 e. The maximum absolute atomic E-state index is 12.8. The minimum Gasteiger partial charge on any atom is -0.507 e. The number of phenols is 1. The third kappa shape index (κ3) is 5.45. The van der Waals surface area contributed by atoms with Gasteiger partial charge in [0.2, 0.25) is 0 Å². The maximum atomic E-state index is 12.8. The fraction of sp³-hybridized carbons (Fsp3) is 0.0833. The summed E-state index contributed by atoms with van der Waals surface area (Å²) in [7, 11) is 0. The number of halogens is 2. The second-order valence-electron chi connectivity index (χ2n) is 7.27. The number of carbonyl (C=O) groups is 2. The average Bonchev–Trinajstić information content (AvgIpc) is 3.05. The van der Waals surface area contributed by atoms with Gasteiger partial charge in [-0.25, -0.2) is 0 Å². The molecule has 0 unspecified atom stereocenters. The van der Waals surface area contributed by atoms with Crippen molar-refractivity contribution in [2.75, 3.05) is 0 Å². The zero-order valence-electron chi connectivity index (χ0n) is 17.3. The van der Waals surface area contributed by atoms with E-state index in [4.69, 9.17) is 23.2 Å². The van der Waals surface area contributed by atoms with Crippen molar-refractivity contribution in [3.8, 4) is 5.75 Å². The number of imide groups is 1. The standard InChI is InChI=1S/C24H17Cl2N3O3S/c1-14-2-7-19(12-20(14)26)28-27-18-8-9-21(30)16(10-18)11-22-23(31)29(24(32)33-22)13-15-3-5-17(25)6-4-15/h2-12,30H,13H2,1H3/b22-11-,28-27?. The minimum absolute atomic E-state index is 0.0446. The number of hydrogen-bond acceptors (Lipinski definition) is 6. The summed E-state index contributed by atoms with van der Waals surface area (Å²) < 4.78 is 0. The summed E-state index contributed by atoms with van der Waals surface area (Å²) in [5.41, 5.74) is 3.13. The van der Waals surface area contributed by atoms with Crippen LogP contribution in [0.15, 0.2) is 75.8 Å². The van der Waals surface area contributed by atoms with Crippen LogP contribution in [0.1, 0.15) is 16.7 Å². The Morgan fingerprint density at radius 3 is 2.33 bits per heavy atom. The quantitative estimate of drug-likeness (QED) is 0.289. The highest BCUT2D eigenvalue weighted by molar-refractivity contribution is 8.18. The van der Waals surface area contributed by atoms with E-state index in [9.17, 15) is 14.7 Å². The van der Waals surface area contributed by atoms with Crippen LogP contribution in [0.3, 0.4) is 0 Å². The predicted octanol–water partition coefficient (Wildman–Crippen LogP) is 7.66. The Labute approximate surface area is 204 Å². The maximum Gasteiger partial charge on any atom is 0.293 e. The lowest BCUT2D eigenvalue weighted by Gasteiger charge is -2.12. The monoisotopic (exact) mass is 497 g/mol. The molecule has 1 heterocycles. The van der Waals surface area contributed by atoms with Crippen molar-refractivity contribution in [1.29, 1.82) is 0 Å². The molecule has 3 aromatic rings. The molecule has 0 aromatic heterocycles. The molecule has 1 fully saturated rings. The van der Waals surface area contributed by atoms with Gasteiger partial charge in [-0.2, -0.15) is 10.2 Å². The number of amides is 2. The van der Waals surface area contributed by atoms with Crippen LogP contribution < -0.4 is 0 Å². The summed E-state index contributed by atoms with van der Waals surface area (Å²) >= 11 is 12.8. The number of aryl methyl sites for hydroxylation is 1. The van der Waals surface area contributed by atoms with Gasteiger partial charge in [0.25, 0.3) is 11.1 Å². The van der Waals surface area contributed by atoms with Crippen molar-refractivity contribution in [2.45, 2.75) is 13.5 Å². The molecular formula is C24H17Cl2N3O3S. The van der Waals surface area contributed by atoms with Crippen molar-refractivity contribution in [1.82, 2.24) is 4.90 Å². The van der Waals surface area contributed by atoms with Gasteiger partial charge >= 0.3 is 0 Å². The SMILES string of the molecule is Cc1ccc(N=Nc2ccc(O)c(/C=C3\SC(=O)N(Cc4ccc(Cl)cc4)C3=O)c2)cc1Cl. The fourth-order valence-corrected chi connectivity index (χ4v) is 4.16. The molecule has 3 aromatic carbocycles. The topological polar surface area (TPSA) is 82.3 Å². The molecule has 4 rings (SSSR count). The number of nitrogens with zero attached hydrogens (tertiary/aromatic N) is 3. The molecule has 1 saturated heterocycles. The summed E-state index contributed by atoms with van der Waals surface area (Å²) in [5.74, 6) is -0.475. The van der Waals surface area contributed by atoms with E-state index in [0.29, 0.717) is 27.0 Å². The van der Waals surface area contributed by atoms with Crippen LogP contribution >= 0.6 is 35.0 Å². The summed E-state index contributed by atoms with van der Waals surface area (Å²) in [6.45, 7) is 2.03. The molecule has 166 valence electrons. The number of aromatic hydroxyl groups is 1. The molecule has 1 aliphatic heterocycles. The van der Waals surface area contributed by atoms with Crippen molar-refractivity contribution < 1.29 is 14.7 Å². The van der Waals surface area contributed by atoms with Gasteiger partial charge in [-0.1, -0.05) is 41.4 Å². The van der Waals surface area contributed by atoms with E-state index in [1.54, 1.807) is 48.5 Å². The number of benzene rings is 3. The number of carbonyl (C=O) groups excluding carboxylic acids is 2. The zero-order valence-corrected chi connectivity index (χ0v) is 19.7. The molecule has 1 N–H and O–H groups in total. The highest BCUT2D eigenvalue weighted by Crippen LogP contribution is 2.36. The van der Waals surface area contributed by atoms with Gasteiger partial charge in [-0.05, 0) is 78.4 Å². The molecule has 9 heteroatoms. The van der Waals surface area contributed by atoms with Crippen LogP contribution in [0, 0.1) is 6.92 Å². The van der Waals surface area contributed by atoms with Crippen molar-refractivity contribution >= 4 is 63.6 Å². The van der Waals surface area contributed by atoms with Crippen LogP contribution in [-0.4, -0.2) is 21.2 Å². The molecule has 0 saturated carbocycles. The Bertz CT molecular complexity index is 1310. The molecular weight excluding hydrogens is 481 g/mol. The van der Waals surface area contributed by atoms with Crippen molar-refractivity contribution in [3.05, 3.63) is 92.3 Å². The molecule has 0 radical (unpaired) electrons. The second-order valence-corrected chi connectivity index (χ2v) is 9.11. The van der Waals surface area contributed by atoms with E-state index in [1.807, 2.05) is 13.0 Å². The van der Waals surface area contributed by atoms with Crippen molar-refractivity contribution in [3.63, 3.8) is 0 Å². The Balaban J connectivity index is 1.55. The van der Waals surface area contributed by atoms with Gasteiger partial charge in [-0.3, -0.25) is 14.5 Å². The highest BCUT2D eigenvalue weighted by atomic mass is 35.5. The predicted molar refractivity (Wildman–Crippen MR) is 131 cm³/mol. The summed E-state index contributed by atoms with van der Waals surface area (Å²) in [5, 5.41) is 19.4. The van der Waals surface area contributed by atoms with Crippen molar-refractivity contribution in [2.24, 2.45) is 10.2 Å². The number of thioether (sulfide) groups is 1. The lowest BCUT2D eigenvalue weighted by Crippen LogP contribution is -2.27. The largest absolute Gasteiger partial charge is 0.507 e. The summed E-state index contributed by atoms with van der Waals surface area (Å²) in [6, 6.07) is 16.9. The van der Waals surface area contributed by atoms with Crippen LogP contribution in [0.2, 0.25) is 10.0 Å². The molecule has 0 atom stereocenters. The van der Waals surface area contributed by atoms with E-state index in [1.165, 1.54) is 12.1 Å². The minimum atomic E-state index is -0.430. The van der Waals surface area contributed by atoms with Crippen LogP contribution in [0.25, 0.3) is 6.08 Å². The third-order valence-corrected chi connectivity index (χ3v) is 6.43. The lowest BCUT2D eigenvalue weighted by molar-refractivity contribution is -0.123. The molecule has 6 nitrogen and oxygen atoms in total. The van der Waals surface area contributed by atoms with Crippen LogP contribution in [0.5, 0.6) is 5.75 Å². The zero-order chi connectivity index (χ0) is 23.5. The van der Waals surface area contributed by atoms with Gasteiger partial charge < -0.3 is 5.11 Å². The second kappa shape index (κ2) is 9.79. The average molecular weight is 498 g/mol. The van der Waals surface area contributed by atoms with Gasteiger partial charge in [-0.15, -0.1) is 0 Å². The Kier molecular flexibility index (Phi) is 6.83. The van der Waals surface area contributed by atoms with Gasteiger partial charge in [0, 0.05) is 15.6 Å². The van der Waals surface area contributed by atoms with E-state index in [-0.39, 0.29) is 22.4 Å². The van der Waals surface area contributed by atoms with Gasteiger partial charge in [0.15, 0.2) is 0 Å². The first-order chi connectivity index (χ1) is 15.8. The number of phenolic OH excluding ortho intramolecular Hbond substituents is 1. The van der Waals surface area contributed by atoms with E-state index < -0.39 is 5.91 Å². The normalized spacial score (nSPS) is 15.2. The first-order valence-corrected chi connectivity index (χ1v) is 11.4. The van der Waals surface area contributed by atoms with E-state index in [2.05, 4.69) is 10.2 Å². The number of rotatable bonds is 5. The Morgan fingerprint density at radius 1 is 0.970 bits per heavy atom. The molecule has 0 bridgehead atoms. The first-order valence-electron chi connectivity index (χ1n) is 9.81. The number of hydrogen-bond donors (Lipinski definition) is 1. The Hall–Kier alpha value is -3.13. The number of azo groups is 1. The molecule has 1 aliphatic rings.